The van der Waals surface area contributed by atoms with E-state index in [9.17, 15) is 4.79 Å². The zero-order valence-electron chi connectivity index (χ0n) is 19.5. The van der Waals surface area contributed by atoms with Crippen LogP contribution in [0.1, 0.15) is 23.1 Å². The van der Waals surface area contributed by atoms with Crippen LogP contribution in [-0.4, -0.2) is 62.3 Å². The van der Waals surface area contributed by atoms with E-state index in [1.165, 1.54) is 5.56 Å². The molecule has 0 atom stereocenters. The van der Waals surface area contributed by atoms with Crippen LogP contribution in [0.25, 0.3) is 10.2 Å². The first-order valence-electron chi connectivity index (χ1n) is 11.1. The standard InChI is InChI=1S/C25H31N3O3S.ClH/c1-18-5-6-19(2)20(15-18)16-24(29)28(10-4-9-27-11-13-31-14-12-27)25-26-22-8-7-21(30-3)17-23(22)32-25;/h5-8,15,17H,4,9-14,16H2,1-3H3;1H. The average Bonchev–Trinajstić information content (AvgIpc) is 3.22. The second-order valence-corrected chi connectivity index (χ2v) is 9.30. The molecule has 1 amide bonds. The van der Waals surface area contributed by atoms with Gasteiger partial charge in [-0.05, 0) is 49.6 Å². The van der Waals surface area contributed by atoms with Crippen LogP contribution in [0.5, 0.6) is 5.75 Å². The van der Waals surface area contributed by atoms with E-state index in [1.54, 1.807) is 18.4 Å². The number of methoxy groups -OCH3 is 1. The molecule has 3 aromatic rings. The smallest absolute Gasteiger partial charge is 0.233 e. The number of amides is 1. The lowest BCUT2D eigenvalue weighted by Gasteiger charge is -2.27. The van der Waals surface area contributed by atoms with E-state index in [0.29, 0.717) is 13.0 Å². The maximum atomic E-state index is 13.5. The summed E-state index contributed by atoms with van der Waals surface area (Å²) in [7, 11) is 1.66. The molecule has 1 aliphatic rings. The van der Waals surface area contributed by atoms with Crippen molar-refractivity contribution in [2.75, 3.05) is 51.4 Å². The molecule has 0 unspecified atom stereocenters. The van der Waals surface area contributed by atoms with Gasteiger partial charge < -0.3 is 9.47 Å². The predicted octanol–water partition coefficient (Wildman–Crippen LogP) is 4.64. The average molecular weight is 490 g/mol. The largest absolute Gasteiger partial charge is 0.497 e. The Bertz CT molecular complexity index is 1080. The number of morpholine rings is 1. The van der Waals surface area contributed by atoms with Crippen LogP contribution in [0.4, 0.5) is 5.13 Å². The molecule has 1 saturated heterocycles. The summed E-state index contributed by atoms with van der Waals surface area (Å²) in [4.78, 5) is 22.6. The van der Waals surface area contributed by atoms with Gasteiger partial charge in [-0.3, -0.25) is 14.6 Å². The predicted molar refractivity (Wildman–Crippen MR) is 137 cm³/mol. The van der Waals surface area contributed by atoms with Gasteiger partial charge in [-0.15, -0.1) is 12.4 Å². The molecule has 0 saturated carbocycles. The summed E-state index contributed by atoms with van der Waals surface area (Å²) in [5.41, 5.74) is 4.29. The van der Waals surface area contributed by atoms with Crippen LogP contribution in [0.15, 0.2) is 36.4 Å². The molecular formula is C25H32ClN3O3S. The topological polar surface area (TPSA) is 54.9 Å². The number of carbonyl (C=O) groups excluding carboxylic acids is 1. The van der Waals surface area contributed by atoms with E-state index < -0.39 is 0 Å². The molecule has 1 aliphatic heterocycles. The van der Waals surface area contributed by atoms with Crippen molar-refractivity contribution in [3.63, 3.8) is 0 Å². The number of thiazole rings is 1. The summed E-state index contributed by atoms with van der Waals surface area (Å²) in [5, 5.41) is 0.755. The van der Waals surface area contributed by atoms with E-state index in [2.05, 4.69) is 36.9 Å². The Kier molecular flexibility index (Phi) is 9.09. The number of carbonyl (C=O) groups is 1. The van der Waals surface area contributed by atoms with Gasteiger partial charge in [0.1, 0.15) is 5.75 Å². The molecular weight excluding hydrogens is 458 g/mol. The second kappa shape index (κ2) is 11.8. The highest BCUT2D eigenvalue weighted by Crippen LogP contribution is 2.32. The van der Waals surface area contributed by atoms with Gasteiger partial charge in [-0.25, -0.2) is 4.98 Å². The molecule has 6 nitrogen and oxygen atoms in total. The maximum Gasteiger partial charge on any atom is 0.233 e. The Labute approximate surface area is 205 Å². The number of hydrogen-bond acceptors (Lipinski definition) is 6. The van der Waals surface area contributed by atoms with Crippen LogP contribution < -0.4 is 9.64 Å². The summed E-state index contributed by atoms with van der Waals surface area (Å²) >= 11 is 1.55. The number of benzene rings is 2. The number of fused-ring (bicyclic) bond motifs is 1. The van der Waals surface area contributed by atoms with Crippen LogP contribution >= 0.6 is 23.7 Å². The van der Waals surface area contributed by atoms with Gasteiger partial charge in [0.05, 0.1) is 37.0 Å². The number of halogens is 1. The van der Waals surface area contributed by atoms with Gasteiger partial charge in [-0.2, -0.15) is 0 Å². The molecule has 0 N–H and O–H groups in total. The number of nitrogens with zero attached hydrogens (tertiary/aromatic N) is 3. The molecule has 178 valence electrons. The molecule has 8 heteroatoms. The van der Waals surface area contributed by atoms with Crippen LogP contribution in [0.3, 0.4) is 0 Å². The normalized spacial score (nSPS) is 14.2. The highest BCUT2D eigenvalue weighted by molar-refractivity contribution is 7.22. The van der Waals surface area contributed by atoms with E-state index >= 15 is 0 Å². The van der Waals surface area contributed by atoms with Crippen LogP contribution in [0, 0.1) is 13.8 Å². The van der Waals surface area contributed by atoms with Crippen LogP contribution in [-0.2, 0) is 16.0 Å². The SMILES string of the molecule is COc1ccc2nc(N(CCCN3CCOCC3)C(=O)Cc3cc(C)ccc3C)sc2c1.Cl. The first-order chi connectivity index (χ1) is 15.5. The first-order valence-corrected chi connectivity index (χ1v) is 12.0. The zero-order chi connectivity index (χ0) is 22.5. The lowest BCUT2D eigenvalue weighted by Crippen LogP contribution is -2.39. The second-order valence-electron chi connectivity index (χ2n) is 8.29. The molecule has 33 heavy (non-hydrogen) atoms. The van der Waals surface area contributed by atoms with Crippen molar-refractivity contribution >= 4 is 45.0 Å². The molecule has 2 aromatic carbocycles. The van der Waals surface area contributed by atoms with Crippen molar-refractivity contribution in [2.45, 2.75) is 26.7 Å². The third-order valence-corrected chi connectivity index (χ3v) is 6.96. The molecule has 0 spiro atoms. The monoisotopic (exact) mass is 489 g/mol. The summed E-state index contributed by atoms with van der Waals surface area (Å²) in [6.45, 7) is 9.22. The summed E-state index contributed by atoms with van der Waals surface area (Å²) in [6.07, 6.45) is 1.28. The summed E-state index contributed by atoms with van der Waals surface area (Å²) in [5.74, 6) is 0.889. The Morgan fingerprint density at radius 2 is 1.97 bits per heavy atom. The van der Waals surface area contributed by atoms with Gasteiger partial charge in [0.25, 0.3) is 0 Å². The molecule has 2 heterocycles. The number of rotatable bonds is 8. The van der Waals surface area contributed by atoms with E-state index in [1.807, 2.05) is 23.1 Å². The van der Waals surface area contributed by atoms with Crippen molar-refractivity contribution in [3.05, 3.63) is 53.1 Å². The van der Waals surface area contributed by atoms with E-state index in [0.717, 1.165) is 71.5 Å². The minimum Gasteiger partial charge on any atom is -0.497 e. The molecule has 1 fully saturated rings. The number of hydrogen-bond donors (Lipinski definition) is 0. The van der Waals surface area contributed by atoms with Gasteiger partial charge in [-0.1, -0.05) is 35.1 Å². The summed E-state index contributed by atoms with van der Waals surface area (Å²) in [6, 6.07) is 12.1. The Morgan fingerprint density at radius 3 is 2.73 bits per heavy atom. The molecule has 0 aliphatic carbocycles. The molecule has 4 rings (SSSR count). The maximum absolute atomic E-state index is 13.5. The van der Waals surface area contributed by atoms with Crippen molar-refractivity contribution in [3.8, 4) is 5.75 Å². The minimum atomic E-state index is 0. The quantitative estimate of drug-likeness (QED) is 0.461. The third kappa shape index (κ3) is 6.44. The molecule has 0 bridgehead atoms. The van der Waals surface area contributed by atoms with Crippen molar-refractivity contribution in [1.29, 1.82) is 0 Å². The van der Waals surface area contributed by atoms with Gasteiger partial charge in [0.15, 0.2) is 5.13 Å². The third-order valence-electron chi connectivity index (χ3n) is 5.92. The highest BCUT2D eigenvalue weighted by Gasteiger charge is 2.21. The van der Waals surface area contributed by atoms with E-state index in [-0.39, 0.29) is 18.3 Å². The fraction of sp³-hybridized carbons (Fsp3) is 0.440. The van der Waals surface area contributed by atoms with Gasteiger partial charge in [0, 0.05) is 26.2 Å². The number of aromatic nitrogens is 1. The van der Waals surface area contributed by atoms with E-state index in [4.69, 9.17) is 14.5 Å². The van der Waals surface area contributed by atoms with Crippen molar-refractivity contribution < 1.29 is 14.3 Å². The summed E-state index contributed by atoms with van der Waals surface area (Å²) < 4.78 is 11.8. The lowest BCUT2D eigenvalue weighted by atomic mass is 10.0. The Morgan fingerprint density at radius 1 is 1.18 bits per heavy atom. The van der Waals surface area contributed by atoms with Crippen molar-refractivity contribution in [1.82, 2.24) is 9.88 Å². The molecule has 0 radical (unpaired) electrons. The van der Waals surface area contributed by atoms with Crippen LogP contribution in [0.2, 0.25) is 0 Å². The number of anilines is 1. The minimum absolute atomic E-state index is 0. The number of ether oxygens (including phenoxy) is 2. The van der Waals surface area contributed by atoms with Gasteiger partial charge >= 0.3 is 0 Å². The number of aryl methyl sites for hydroxylation is 2. The van der Waals surface area contributed by atoms with Crippen molar-refractivity contribution in [2.24, 2.45) is 0 Å². The highest BCUT2D eigenvalue weighted by atomic mass is 35.5. The first kappa shape index (κ1) is 25.4. The Hall–Kier alpha value is -2.19. The van der Waals surface area contributed by atoms with Gasteiger partial charge in [0.2, 0.25) is 5.91 Å². The lowest BCUT2D eigenvalue weighted by molar-refractivity contribution is -0.118. The Balaban J connectivity index is 0.00000306. The zero-order valence-corrected chi connectivity index (χ0v) is 21.1. The fourth-order valence-corrected chi connectivity index (χ4v) is 5.03. The molecule has 1 aromatic heterocycles. The fourth-order valence-electron chi connectivity index (χ4n) is 3.99.